The van der Waals surface area contributed by atoms with E-state index < -0.39 is 10.8 Å². The molecule has 24 heavy (non-hydrogen) atoms. The van der Waals surface area contributed by atoms with Gasteiger partial charge in [0, 0.05) is 26.2 Å². The third kappa shape index (κ3) is 3.35. The molecule has 9 heteroatoms. The molecule has 0 aliphatic carbocycles. The van der Waals surface area contributed by atoms with Gasteiger partial charge in [-0.05, 0) is 18.2 Å². The molecule has 0 radical (unpaired) electrons. The van der Waals surface area contributed by atoms with Crippen LogP contribution < -0.4 is 0 Å². The standard InChI is InChI=1S/C15H15N3O6/c19-11(12-2-1-9-23-12)10-16-5-7-17(8-6-16)15(20)13-3-4-14(24-13)18(21)22/h1-4,9H,5-8,10H2. The molecule has 3 heterocycles. The topological polar surface area (TPSA) is 110 Å². The molecule has 1 fully saturated rings. The van der Waals surface area contributed by atoms with Gasteiger partial charge in [-0.15, -0.1) is 0 Å². The van der Waals surface area contributed by atoms with Crippen molar-refractivity contribution in [2.75, 3.05) is 32.7 Å². The van der Waals surface area contributed by atoms with Gasteiger partial charge in [-0.3, -0.25) is 24.6 Å². The van der Waals surface area contributed by atoms with Crippen molar-refractivity contribution < 1.29 is 23.3 Å². The lowest BCUT2D eigenvalue weighted by molar-refractivity contribution is -0.402. The van der Waals surface area contributed by atoms with E-state index in [0.717, 1.165) is 6.07 Å². The number of hydrogen-bond donors (Lipinski definition) is 0. The molecule has 0 N–H and O–H groups in total. The second kappa shape index (κ2) is 6.67. The zero-order valence-corrected chi connectivity index (χ0v) is 12.7. The molecule has 126 valence electrons. The molecule has 9 nitrogen and oxygen atoms in total. The number of nitrogens with zero attached hydrogens (tertiary/aromatic N) is 3. The maximum Gasteiger partial charge on any atom is 0.433 e. The summed E-state index contributed by atoms with van der Waals surface area (Å²) in [6, 6.07) is 5.73. The predicted octanol–water partition coefficient (Wildman–Crippen LogP) is 1.42. The highest BCUT2D eigenvalue weighted by Gasteiger charge is 2.27. The minimum absolute atomic E-state index is 0.0539. The van der Waals surface area contributed by atoms with Crippen LogP contribution in [-0.2, 0) is 0 Å². The third-order valence-corrected chi connectivity index (χ3v) is 3.81. The lowest BCUT2D eigenvalue weighted by Gasteiger charge is -2.33. The largest absolute Gasteiger partial charge is 0.461 e. The van der Waals surface area contributed by atoms with Gasteiger partial charge in [0.1, 0.15) is 4.92 Å². The number of nitro groups is 1. The average molecular weight is 333 g/mol. The van der Waals surface area contributed by atoms with Crippen LogP contribution in [0, 0.1) is 10.1 Å². The van der Waals surface area contributed by atoms with Gasteiger partial charge < -0.3 is 13.7 Å². The SMILES string of the molecule is O=C(CN1CCN(C(=O)c2ccc([N+](=O)[O-])o2)CC1)c1ccco1. The molecule has 0 spiro atoms. The molecule has 0 bridgehead atoms. The normalized spacial score (nSPS) is 15.4. The summed E-state index contributed by atoms with van der Waals surface area (Å²) in [5.74, 6) is -0.694. The Morgan fingerprint density at radius 1 is 1.12 bits per heavy atom. The van der Waals surface area contributed by atoms with Gasteiger partial charge in [-0.2, -0.15) is 0 Å². The summed E-state index contributed by atoms with van der Waals surface area (Å²) in [5.41, 5.74) is 0. The van der Waals surface area contributed by atoms with Crippen molar-refractivity contribution in [1.29, 1.82) is 0 Å². The molecule has 2 aromatic rings. The predicted molar refractivity (Wildman–Crippen MR) is 80.7 cm³/mol. The fourth-order valence-electron chi connectivity index (χ4n) is 2.52. The number of carbonyl (C=O) groups is 2. The molecule has 0 atom stereocenters. The summed E-state index contributed by atoms with van der Waals surface area (Å²) in [6.07, 6.45) is 1.45. The van der Waals surface area contributed by atoms with E-state index in [2.05, 4.69) is 0 Å². The Bertz CT molecular complexity index is 743. The van der Waals surface area contributed by atoms with Gasteiger partial charge in [-0.1, -0.05) is 0 Å². The van der Waals surface area contributed by atoms with Gasteiger partial charge in [0.15, 0.2) is 11.5 Å². The molecular weight excluding hydrogens is 318 g/mol. The van der Waals surface area contributed by atoms with Gasteiger partial charge in [0.2, 0.25) is 5.78 Å². The van der Waals surface area contributed by atoms with Crippen molar-refractivity contribution >= 4 is 17.6 Å². The van der Waals surface area contributed by atoms with E-state index in [9.17, 15) is 19.7 Å². The van der Waals surface area contributed by atoms with E-state index in [1.165, 1.54) is 12.3 Å². The first-order valence-electron chi connectivity index (χ1n) is 7.37. The number of Topliss-reactive ketones (excluding diaryl/α,β-unsaturated/α-hetero) is 1. The monoisotopic (exact) mass is 333 g/mol. The number of amides is 1. The van der Waals surface area contributed by atoms with Crippen molar-refractivity contribution in [1.82, 2.24) is 9.80 Å². The van der Waals surface area contributed by atoms with Crippen molar-refractivity contribution in [3.05, 3.63) is 52.2 Å². The lowest BCUT2D eigenvalue weighted by atomic mass is 10.2. The van der Waals surface area contributed by atoms with Crippen LogP contribution in [0.25, 0.3) is 0 Å². The minimum Gasteiger partial charge on any atom is -0.461 e. The molecule has 3 rings (SSSR count). The molecule has 0 saturated carbocycles. The van der Waals surface area contributed by atoms with Crippen molar-refractivity contribution in [3.63, 3.8) is 0 Å². The van der Waals surface area contributed by atoms with Crippen LogP contribution >= 0.6 is 0 Å². The molecule has 0 aromatic carbocycles. The van der Waals surface area contributed by atoms with E-state index in [1.807, 2.05) is 4.90 Å². The Morgan fingerprint density at radius 3 is 2.46 bits per heavy atom. The van der Waals surface area contributed by atoms with Gasteiger partial charge >= 0.3 is 5.88 Å². The number of rotatable bonds is 5. The summed E-state index contributed by atoms with van der Waals surface area (Å²) in [6.45, 7) is 2.11. The Kier molecular flexibility index (Phi) is 4.43. The van der Waals surface area contributed by atoms with Gasteiger partial charge in [-0.25, -0.2) is 0 Å². The number of hydrogen-bond acceptors (Lipinski definition) is 7. The number of ketones is 1. The van der Waals surface area contributed by atoms with E-state index in [-0.39, 0.29) is 24.0 Å². The maximum atomic E-state index is 12.3. The van der Waals surface area contributed by atoms with Gasteiger partial charge in [0.05, 0.1) is 18.9 Å². The number of piperazine rings is 1. The first-order chi connectivity index (χ1) is 11.5. The zero-order chi connectivity index (χ0) is 17.1. The molecule has 1 amide bonds. The van der Waals surface area contributed by atoms with E-state index >= 15 is 0 Å². The second-order valence-electron chi connectivity index (χ2n) is 5.36. The molecule has 2 aromatic heterocycles. The van der Waals surface area contributed by atoms with Crippen LogP contribution in [0.1, 0.15) is 21.1 Å². The van der Waals surface area contributed by atoms with Crippen molar-refractivity contribution in [3.8, 4) is 0 Å². The van der Waals surface area contributed by atoms with Crippen LogP contribution in [0.5, 0.6) is 0 Å². The summed E-state index contributed by atoms with van der Waals surface area (Å²) in [5, 5.41) is 10.6. The molecule has 1 aliphatic rings. The van der Waals surface area contributed by atoms with Crippen molar-refractivity contribution in [2.45, 2.75) is 0 Å². The number of carbonyl (C=O) groups excluding carboxylic acids is 2. The fourth-order valence-corrected chi connectivity index (χ4v) is 2.52. The number of furan rings is 2. The Labute approximate surface area is 136 Å². The summed E-state index contributed by atoms with van der Waals surface area (Å²) in [7, 11) is 0. The van der Waals surface area contributed by atoms with E-state index in [1.54, 1.807) is 17.0 Å². The Morgan fingerprint density at radius 2 is 1.88 bits per heavy atom. The van der Waals surface area contributed by atoms with Crippen molar-refractivity contribution in [2.24, 2.45) is 0 Å². The highest BCUT2D eigenvalue weighted by molar-refractivity contribution is 5.95. The average Bonchev–Trinajstić information content (AvgIpc) is 3.26. The molecular formula is C15H15N3O6. The first kappa shape index (κ1) is 15.9. The maximum absolute atomic E-state index is 12.3. The first-order valence-corrected chi connectivity index (χ1v) is 7.37. The zero-order valence-electron chi connectivity index (χ0n) is 12.7. The van der Waals surface area contributed by atoms with Crippen LogP contribution in [-0.4, -0.2) is 59.1 Å². The van der Waals surface area contributed by atoms with Crippen LogP contribution in [0.4, 0.5) is 5.88 Å². The highest BCUT2D eigenvalue weighted by Crippen LogP contribution is 2.18. The second-order valence-corrected chi connectivity index (χ2v) is 5.36. The fraction of sp³-hybridized carbons (Fsp3) is 0.333. The summed E-state index contributed by atoms with van der Waals surface area (Å²) >= 11 is 0. The van der Waals surface area contributed by atoms with E-state index in [4.69, 9.17) is 8.83 Å². The Hall–Kier alpha value is -2.94. The van der Waals surface area contributed by atoms with Crippen LogP contribution in [0.2, 0.25) is 0 Å². The molecule has 0 unspecified atom stereocenters. The molecule has 1 aliphatic heterocycles. The highest BCUT2D eigenvalue weighted by atomic mass is 16.6. The summed E-state index contributed by atoms with van der Waals surface area (Å²) < 4.78 is 10.00. The smallest absolute Gasteiger partial charge is 0.433 e. The van der Waals surface area contributed by atoms with Gasteiger partial charge in [0.25, 0.3) is 5.91 Å². The lowest BCUT2D eigenvalue weighted by Crippen LogP contribution is -2.49. The van der Waals surface area contributed by atoms with Crippen LogP contribution in [0.3, 0.4) is 0 Å². The quantitative estimate of drug-likeness (QED) is 0.462. The minimum atomic E-state index is -0.686. The Balaban J connectivity index is 1.53. The third-order valence-electron chi connectivity index (χ3n) is 3.81. The van der Waals surface area contributed by atoms with E-state index in [0.29, 0.717) is 31.9 Å². The summed E-state index contributed by atoms with van der Waals surface area (Å²) in [4.78, 5) is 37.6. The molecule has 1 saturated heterocycles. The van der Waals surface area contributed by atoms with Crippen LogP contribution in [0.15, 0.2) is 39.4 Å².